The number of hydrogen-bond donors (Lipinski definition) is 4. The number of rotatable bonds is 10. The number of H-pyrrole nitrogens is 2. The fraction of sp³-hybridized carbons (Fsp3) is 0.545. The number of imidazole rings is 2. The molecule has 2 spiro atoms. The summed E-state index contributed by atoms with van der Waals surface area (Å²) in [4.78, 5) is 72.2. The third-order valence-electron chi connectivity index (χ3n) is 13.1. The Morgan fingerprint density at radius 2 is 1.18 bits per heavy atom. The van der Waals surface area contributed by atoms with Gasteiger partial charge >= 0.3 is 12.2 Å². The van der Waals surface area contributed by atoms with Crippen molar-refractivity contribution in [2.75, 3.05) is 41.5 Å². The average molecular weight is 823 g/mol. The van der Waals surface area contributed by atoms with Gasteiger partial charge in [0.2, 0.25) is 11.8 Å². The SMILES string of the molecule is COC(=O)NC(C(=O)N(C)C(C)c1nc2cc(C#Cc3ccc4nc(C(C)N(C)C(=O)C(NC(=O)OC)C5CCOC6(CC6)C5)[nH]c4c3)ccc2[nH]1)C1CCOC2(CC2)C1. The van der Waals surface area contributed by atoms with E-state index in [1.54, 1.807) is 23.9 Å². The van der Waals surface area contributed by atoms with Crippen LogP contribution in [0.15, 0.2) is 36.4 Å². The first-order valence-corrected chi connectivity index (χ1v) is 20.8. The number of carbonyl (C=O) groups is 4. The number of alkyl carbamates (subject to hydrolysis) is 2. The summed E-state index contributed by atoms with van der Waals surface area (Å²) in [6.45, 7) is 4.92. The van der Waals surface area contributed by atoms with Crippen LogP contribution in [-0.2, 0) is 28.5 Å². The van der Waals surface area contributed by atoms with Gasteiger partial charge in [0, 0.05) is 38.4 Å². The highest BCUT2D eigenvalue weighted by molar-refractivity contribution is 5.87. The summed E-state index contributed by atoms with van der Waals surface area (Å²) in [6, 6.07) is 9.15. The van der Waals surface area contributed by atoms with Crippen molar-refractivity contribution in [1.82, 2.24) is 40.4 Å². The number of hydrogen-bond acceptors (Lipinski definition) is 10. The number of nitrogens with one attached hydrogen (secondary N) is 4. The van der Waals surface area contributed by atoms with Crippen molar-refractivity contribution >= 4 is 46.1 Å². The van der Waals surface area contributed by atoms with E-state index in [-0.39, 0.29) is 34.9 Å². The zero-order valence-electron chi connectivity index (χ0n) is 35.1. The Kier molecular flexibility index (Phi) is 11.2. The van der Waals surface area contributed by atoms with Gasteiger partial charge in [0.05, 0.1) is 59.6 Å². The fourth-order valence-corrected chi connectivity index (χ4v) is 8.75. The second-order valence-corrected chi connectivity index (χ2v) is 17.0. The van der Waals surface area contributed by atoms with E-state index in [4.69, 9.17) is 28.9 Å². The van der Waals surface area contributed by atoms with Gasteiger partial charge in [-0.2, -0.15) is 0 Å². The summed E-state index contributed by atoms with van der Waals surface area (Å²) in [7, 11) is 6.04. The minimum Gasteiger partial charge on any atom is -0.453 e. The number of aromatic amines is 2. The lowest BCUT2D eigenvalue weighted by Crippen LogP contribution is -2.53. The Morgan fingerprint density at radius 1 is 0.717 bits per heavy atom. The van der Waals surface area contributed by atoms with Gasteiger partial charge in [-0.15, -0.1) is 0 Å². The number of aromatic nitrogens is 4. The van der Waals surface area contributed by atoms with Gasteiger partial charge in [-0.3, -0.25) is 9.59 Å². The van der Waals surface area contributed by atoms with Crippen LogP contribution in [0.4, 0.5) is 9.59 Å². The Hall–Kier alpha value is -5.66. The van der Waals surface area contributed by atoms with Crippen LogP contribution in [0.3, 0.4) is 0 Å². The molecule has 4 aromatic rings. The summed E-state index contributed by atoms with van der Waals surface area (Å²) in [5.41, 5.74) is 4.24. The topological polar surface area (TPSA) is 193 Å². The number of amides is 4. The first kappa shape index (κ1) is 41.1. The molecule has 2 aliphatic heterocycles. The number of likely N-dealkylation sites (N-methyl/N-ethyl adjacent to an activating group) is 2. The lowest BCUT2D eigenvalue weighted by Gasteiger charge is -2.37. The van der Waals surface area contributed by atoms with Gasteiger partial charge in [0.1, 0.15) is 23.7 Å². The molecule has 0 bridgehead atoms. The van der Waals surface area contributed by atoms with Crippen molar-refractivity contribution in [3.63, 3.8) is 0 Å². The van der Waals surface area contributed by atoms with Gasteiger partial charge in [0.15, 0.2) is 0 Å². The first-order chi connectivity index (χ1) is 28.8. The van der Waals surface area contributed by atoms with Gasteiger partial charge < -0.3 is 49.3 Å². The molecular formula is C44H54N8O8. The summed E-state index contributed by atoms with van der Waals surface area (Å²) < 4.78 is 21.7. The molecule has 4 fully saturated rings. The number of benzene rings is 2. The van der Waals surface area contributed by atoms with E-state index in [1.165, 1.54) is 14.2 Å². The van der Waals surface area contributed by atoms with Crippen molar-refractivity contribution in [3.05, 3.63) is 59.2 Å². The van der Waals surface area contributed by atoms with Gasteiger partial charge in [0.25, 0.3) is 0 Å². The largest absolute Gasteiger partial charge is 0.453 e. The summed E-state index contributed by atoms with van der Waals surface area (Å²) >= 11 is 0. The third kappa shape index (κ3) is 8.51. The Bertz CT molecular complexity index is 2190. The quantitative estimate of drug-likeness (QED) is 0.154. The molecule has 8 rings (SSSR count). The molecule has 16 heteroatoms. The summed E-state index contributed by atoms with van der Waals surface area (Å²) in [6.07, 6.45) is 5.40. The standard InChI is InChI=1S/C44H54N8O8/c1-25(51(3)39(53)35(49-41(55)57-5)29-13-19-59-43(23-29)15-16-43)37-45-31-11-9-27(21-33(31)47-37)7-8-28-10-12-32-34(22-28)48-38(46-32)26(2)52(4)40(54)36(50-42(56)58-6)30-14-20-60-44(24-30)17-18-44/h9-12,21-22,25-26,29-30,35-36H,13-20,23-24H2,1-6H3,(H,45,47)(H,46,48)(H,49,55)(H,50,56). The van der Waals surface area contributed by atoms with Crippen LogP contribution in [-0.4, -0.2) is 119 Å². The molecule has 4 N–H and O–H groups in total. The lowest BCUT2D eigenvalue weighted by atomic mass is 9.86. The van der Waals surface area contributed by atoms with E-state index in [2.05, 4.69) is 32.4 Å². The van der Waals surface area contributed by atoms with E-state index in [0.717, 1.165) is 66.2 Å². The normalized spacial score (nSPS) is 21.8. The van der Waals surface area contributed by atoms with Crippen molar-refractivity contribution in [3.8, 4) is 11.8 Å². The fourth-order valence-electron chi connectivity index (χ4n) is 8.75. The van der Waals surface area contributed by atoms with Gasteiger partial charge in [-0.1, -0.05) is 11.8 Å². The van der Waals surface area contributed by atoms with Crippen LogP contribution in [0.25, 0.3) is 22.1 Å². The van der Waals surface area contributed by atoms with Crippen molar-refractivity contribution < 1.29 is 38.1 Å². The van der Waals surface area contributed by atoms with Crippen LogP contribution in [0.1, 0.15) is 100 Å². The molecule has 2 saturated carbocycles. The summed E-state index contributed by atoms with van der Waals surface area (Å²) in [5, 5.41) is 5.61. The molecular weight excluding hydrogens is 769 g/mol. The van der Waals surface area contributed by atoms with Crippen LogP contribution in [0, 0.1) is 23.7 Å². The molecule has 4 heterocycles. The van der Waals surface area contributed by atoms with Gasteiger partial charge in [-0.25, -0.2) is 19.6 Å². The number of fused-ring (bicyclic) bond motifs is 2. The Morgan fingerprint density at radius 3 is 1.68 bits per heavy atom. The number of ether oxygens (including phenoxy) is 4. The molecule has 6 atom stereocenters. The molecule has 4 aliphatic rings. The maximum atomic E-state index is 14.0. The molecule has 4 amide bonds. The maximum Gasteiger partial charge on any atom is 0.407 e. The monoisotopic (exact) mass is 822 g/mol. The van der Waals surface area contributed by atoms with E-state index >= 15 is 0 Å². The summed E-state index contributed by atoms with van der Waals surface area (Å²) in [5.74, 6) is 7.17. The number of methoxy groups -OCH3 is 2. The minimum atomic E-state index is -0.745. The van der Waals surface area contributed by atoms with Crippen LogP contribution in [0.2, 0.25) is 0 Å². The minimum absolute atomic E-state index is 0.0651. The highest BCUT2D eigenvalue weighted by atomic mass is 16.5. The Balaban J connectivity index is 0.940. The van der Waals surface area contributed by atoms with Crippen LogP contribution in [0.5, 0.6) is 0 Å². The van der Waals surface area contributed by atoms with E-state index < -0.39 is 36.4 Å². The Labute approximate surface area is 348 Å². The molecule has 16 nitrogen and oxygen atoms in total. The van der Waals surface area contributed by atoms with Crippen LogP contribution < -0.4 is 10.6 Å². The smallest absolute Gasteiger partial charge is 0.407 e. The molecule has 2 aromatic carbocycles. The molecule has 60 heavy (non-hydrogen) atoms. The van der Waals surface area contributed by atoms with Crippen molar-refractivity contribution in [1.29, 1.82) is 0 Å². The van der Waals surface area contributed by atoms with Crippen LogP contribution >= 0.6 is 0 Å². The molecule has 6 unspecified atom stereocenters. The van der Waals surface area contributed by atoms with Crippen molar-refractivity contribution in [2.24, 2.45) is 11.8 Å². The van der Waals surface area contributed by atoms with E-state index in [9.17, 15) is 19.2 Å². The average Bonchev–Trinajstić information content (AvgIpc) is 4.08. The number of carbonyl (C=O) groups excluding carboxylic acids is 4. The van der Waals surface area contributed by atoms with E-state index in [1.807, 2.05) is 50.2 Å². The molecule has 0 radical (unpaired) electrons. The predicted molar refractivity (Wildman–Crippen MR) is 220 cm³/mol. The highest BCUT2D eigenvalue weighted by Gasteiger charge is 2.52. The maximum absolute atomic E-state index is 14.0. The lowest BCUT2D eigenvalue weighted by molar-refractivity contribution is -0.138. The third-order valence-corrected chi connectivity index (χ3v) is 13.1. The van der Waals surface area contributed by atoms with Crippen molar-refractivity contribution in [2.45, 2.75) is 101 Å². The molecule has 318 valence electrons. The second kappa shape index (κ2) is 16.4. The zero-order chi connectivity index (χ0) is 42.3. The number of nitrogens with zero attached hydrogens (tertiary/aromatic N) is 4. The van der Waals surface area contributed by atoms with E-state index in [0.29, 0.717) is 43.2 Å². The zero-order valence-corrected chi connectivity index (χ0v) is 35.1. The van der Waals surface area contributed by atoms with Gasteiger partial charge in [-0.05, 0) is 113 Å². The highest BCUT2D eigenvalue weighted by Crippen LogP contribution is 2.50. The molecule has 2 saturated heterocycles. The predicted octanol–water partition coefficient (Wildman–Crippen LogP) is 5.25. The second-order valence-electron chi connectivity index (χ2n) is 17.0. The molecule has 2 aromatic heterocycles. The first-order valence-electron chi connectivity index (χ1n) is 20.8. The molecule has 2 aliphatic carbocycles.